The van der Waals surface area contributed by atoms with Crippen molar-refractivity contribution in [3.8, 4) is 5.75 Å². The molecule has 2 aromatic carbocycles. The van der Waals surface area contributed by atoms with E-state index < -0.39 is 12.4 Å². The summed E-state index contributed by atoms with van der Waals surface area (Å²) < 4.78 is 41.2. The summed E-state index contributed by atoms with van der Waals surface area (Å²) in [5.74, 6) is -0.246. The van der Waals surface area contributed by atoms with Crippen LogP contribution < -0.4 is 10.5 Å². The summed E-state index contributed by atoms with van der Waals surface area (Å²) in [7, 11) is 0. The molecule has 1 atom stereocenters. The summed E-state index contributed by atoms with van der Waals surface area (Å²) in [5.41, 5.74) is 8.47. The van der Waals surface area contributed by atoms with Gasteiger partial charge >= 0.3 is 6.36 Å². The molecule has 2 aromatic rings. The third-order valence-corrected chi connectivity index (χ3v) is 3.12. The lowest BCUT2D eigenvalue weighted by molar-refractivity contribution is -0.275. The van der Waals surface area contributed by atoms with E-state index in [1.807, 2.05) is 31.2 Å². The maximum Gasteiger partial charge on any atom is 0.573 e. The third kappa shape index (κ3) is 4.49. The molecule has 112 valence electrons. The van der Waals surface area contributed by atoms with Gasteiger partial charge in [-0.05, 0) is 25.0 Å². The second-order valence-electron chi connectivity index (χ2n) is 4.88. The minimum atomic E-state index is -4.72. The second kappa shape index (κ2) is 6.18. The molecule has 2 N–H and O–H groups in total. The summed E-state index contributed by atoms with van der Waals surface area (Å²) in [5, 5.41) is 0. The number of aryl methyl sites for hydroxylation is 1. The molecule has 0 saturated heterocycles. The van der Waals surface area contributed by atoms with Crippen LogP contribution in [-0.4, -0.2) is 6.36 Å². The molecular weight excluding hydrogens is 279 g/mol. The van der Waals surface area contributed by atoms with Gasteiger partial charge in [0.15, 0.2) is 0 Å². The van der Waals surface area contributed by atoms with Gasteiger partial charge in [-0.25, -0.2) is 0 Å². The van der Waals surface area contributed by atoms with Crippen LogP contribution in [-0.2, 0) is 6.42 Å². The topological polar surface area (TPSA) is 35.2 Å². The van der Waals surface area contributed by atoms with Gasteiger partial charge in [-0.2, -0.15) is 0 Å². The van der Waals surface area contributed by atoms with E-state index in [9.17, 15) is 13.2 Å². The molecule has 5 heteroatoms. The van der Waals surface area contributed by atoms with Crippen molar-refractivity contribution in [2.24, 2.45) is 5.73 Å². The van der Waals surface area contributed by atoms with E-state index in [1.165, 1.54) is 12.1 Å². The zero-order valence-corrected chi connectivity index (χ0v) is 11.5. The zero-order chi connectivity index (χ0) is 15.5. The number of nitrogens with two attached hydrogens (primary N) is 1. The van der Waals surface area contributed by atoms with E-state index in [1.54, 1.807) is 12.1 Å². The molecule has 0 aromatic heterocycles. The molecule has 2 rings (SSSR count). The number of ether oxygens (including phenoxy) is 1. The lowest BCUT2D eigenvalue weighted by atomic mass is 9.98. The lowest BCUT2D eigenvalue weighted by Crippen LogP contribution is -2.21. The Morgan fingerprint density at radius 1 is 1.05 bits per heavy atom. The van der Waals surface area contributed by atoms with Gasteiger partial charge in [-0.1, -0.05) is 48.0 Å². The first-order valence-corrected chi connectivity index (χ1v) is 6.51. The third-order valence-electron chi connectivity index (χ3n) is 3.12. The summed E-state index contributed by atoms with van der Waals surface area (Å²) in [6, 6.07) is 13.1. The van der Waals surface area contributed by atoms with Crippen LogP contribution in [0.4, 0.5) is 13.2 Å². The number of rotatable bonds is 4. The van der Waals surface area contributed by atoms with E-state index in [0.717, 1.165) is 11.1 Å². The molecule has 0 aliphatic carbocycles. The van der Waals surface area contributed by atoms with Crippen molar-refractivity contribution in [1.29, 1.82) is 0 Å². The van der Waals surface area contributed by atoms with E-state index in [0.29, 0.717) is 12.0 Å². The molecule has 1 unspecified atom stereocenters. The molecule has 2 nitrogen and oxygen atoms in total. The van der Waals surface area contributed by atoms with E-state index in [-0.39, 0.29) is 5.75 Å². The molecule has 21 heavy (non-hydrogen) atoms. The average Bonchev–Trinajstić information content (AvgIpc) is 2.40. The quantitative estimate of drug-likeness (QED) is 0.920. The van der Waals surface area contributed by atoms with Gasteiger partial charge in [0.05, 0.1) is 0 Å². The minimum Gasteiger partial charge on any atom is -0.405 e. The average molecular weight is 295 g/mol. The lowest BCUT2D eigenvalue weighted by Gasteiger charge is -2.18. The number of hydrogen-bond acceptors (Lipinski definition) is 2. The van der Waals surface area contributed by atoms with Crippen LogP contribution in [0, 0.1) is 6.92 Å². The number of halogens is 3. The monoisotopic (exact) mass is 295 g/mol. The van der Waals surface area contributed by atoms with Gasteiger partial charge in [0.1, 0.15) is 5.75 Å². The first kappa shape index (κ1) is 15.4. The van der Waals surface area contributed by atoms with Gasteiger partial charge in [0, 0.05) is 11.6 Å². The molecule has 0 aliphatic heterocycles. The largest absolute Gasteiger partial charge is 0.573 e. The van der Waals surface area contributed by atoms with Crippen molar-refractivity contribution in [3.05, 3.63) is 65.2 Å². The SMILES string of the molecule is Cc1ccc(CC(N)c2ccccc2OC(F)(F)F)cc1. The maximum atomic E-state index is 12.4. The van der Waals surface area contributed by atoms with E-state index in [2.05, 4.69) is 4.74 Å². The molecule has 0 radical (unpaired) electrons. The number of para-hydroxylation sites is 1. The highest BCUT2D eigenvalue weighted by Gasteiger charge is 2.32. The van der Waals surface area contributed by atoms with Crippen LogP contribution >= 0.6 is 0 Å². The first-order valence-electron chi connectivity index (χ1n) is 6.51. The maximum absolute atomic E-state index is 12.4. The Balaban J connectivity index is 2.18. The summed E-state index contributed by atoms with van der Waals surface area (Å²) >= 11 is 0. The van der Waals surface area contributed by atoms with Gasteiger partial charge in [-0.3, -0.25) is 0 Å². The Kier molecular flexibility index (Phi) is 4.53. The van der Waals surface area contributed by atoms with E-state index in [4.69, 9.17) is 5.73 Å². The van der Waals surface area contributed by atoms with Crippen LogP contribution in [0.25, 0.3) is 0 Å². The fraction of sp³-hybridized carbons (Fsp3) is 0.250. The zero-order valence-electron chi connectivity index (χ0n) is 11.5. The fourth-order valence-electron chi connectivity index (χ4n) is 2.09. The van der Waals surface area contributed by atoms with Crippen molar-refractivity contribution < 1.29 is 17.9 Å². The summed E-state index contributed by atoms with van der Waals surface area (Å²) in [6.07, 6.45) is -4.28. The Bertz CT molecular complexity index is 593. The number of hydrogen-bond donors (Lipinski definition) is 1. The number of benzene rings is 2. The second-order valence-corrected chi connectivity index (χ2v) is 4.88. The van der Waals surface area contributed by atoms with Crippen molar-refractivity contribution in [1.82, 2.24) is 0 Å². The molecule has 0 saturated carbocycles. The highest BCUT2D eigenvalue weighted by molar-refractivity contribution is 5.37. The van der Waals surface area contributed by atoms with Crippen LogP contribution in [0.1, 0.15) is 22.7 Å². The predicted molar refractivity (Wildman–Crippen MR) is 74.9 cm³/mol. The fourth-order valence-corrected chi connectivity index (χ4v) is 2.09. The van der Waals surface area contributed by atoms with Gasteiger partial charge in [-0.15, -0.1) is 13.2 Å². The van der Waals surface area contributed by atoms with E-state index >= 15 is 0 Å². The smallest absolute Gasteiger partial charge is 0.405 e. The molecule has 0 amide bonds. The Morgan fingerprint density at radius 3 is 2.29 bits per heavy atom. The van der Waals surface area contributed by atoms with Crippen LogP contribution in [0.2, 0.25) is 0 Å². The standard InChI is InChI=1S/C16H16F3NO/c1-11-6-8-12(9-7-11)10-14(20)13-4-2-3-5-15(13)21-16(17,18)19/h2-9,14H,10,20H2,1H3. The molecule has 0 spiro atoms. The molecule has 0 aliphatic rings. The van der Waals surface area contributed by atoms with Gasteiger partial charge < -0.3 is 10.5 Å². The molecular formula is C16H16F3NO. The van der Waals surface area contributed by atoms with Gasteiger partial charge in [0.25, 0.3) is 0 Å². The van der Waals surface area contributed by atoms with Crippen molar-refractivity contribution in [2.45, 2.75) is 25.7 Å². The molecule has 0 bridgehead atoms. The minimum absolute atomic E-state index is 0.246. The Morgan fingerprint density at radius 2 is 1.67 bits per heavy atom. The van der Waals surface area contributed by atoms with Gasteiger partial charge in [0.2, 0.25) is 0 Å². The Hall–Kier alpha value is -2.01. The van der Waals surface area contributed by atoms with Crippen LogP contribution in [0.15, 0.2) is 48.5 Å². The summed E-state index contributed by atoms with van der Waals surface area (Å²) in [6.45, 7) is 1.97. The molecule has 0 heterocycles. The number of alkyl halides is 3. The highest BCUT2D eigenvalue weighted by atomic mass is 19.4. The van der Waals surface area contributed by atoms with Crippen molar-refractivity contribution >= 4 is 0 Å². The summed E-state index contributed by atoms with van der Waals surface area (Å²) in [4.78, 5) is 0. The predicted octanol–water partition coefficient (Wildman–Crippen LogP) is 4.14. The first-order chi connectivity index (χ1) is 9.85. The molecule has 0 fully saturated rings. The van der Waals surface area contributed by atoms with Crippen molar-refractivity contribution in [3.63, 3.8) is 0 Å². The van der Waals surface area contributed by atoms with Crippen LogP contribution in [0.5, 0.6) is 5.75 Å². The normalized spacial score (nSPS) is 13.0. The van der Waals surface area contributed by atoms with Crippen molar-refractivity contribution in [2.75, 3.05) is 0 Å². The highest BCUT2D eigenvalue weighted by Crippen LogP contribution is 2.30. The Labute approximate surface area is 121 Å². The van der Waals surface area contributed by atoms with Crippen LogP contribution in [0.3, 0.4) is 0 Å².